The molecule has 0 aromatic carbocycles. The number of nitrogens with zero attached hydrogens (tertiary/aromatic N) is 2. The van der Waals surface area contributed by atoms with E-state index in [-0.39, 0.29) is 4.34 Å². The maximum absolute atomic E-state index is 11.1. The molecule has 2 aromatic heterocycles. The van der Waals surface area contributed by atoms with Crippen LogP contribution in [0.4, 0.5) is 0 Å². The first kappa shape index (κ1) is 9.75. The average Bonchev–Trinajstić information content (AvgIpc) is 2.73. The number of hydrogen-bond acceptors (Lipinski definition) is 6. The summed E-state index contributed by atoms with van der Waals surface area (Å²) >= 11 is 2.63. The van der Waals surface area contributed by atoms with Gasteiger partial charge in [0.1, 0.15) is 5.01 Å². The molecule has 0 aliphatic heterocycles. The summed E-state index contributed by atoms with van der Waals surface area (Å²) in [6, 6.07) is 1.89. The van der Waals surface area contributed by atoms with Crippen LogP contribution in [0.2, 0.25) is 0 Å². The highest BCUT2D eigenvalue weighted by Gasteiger charge is 2.15. The van der Waals surface area contributed by atoms with Crippen LogP contribution in [0.3, 0.4) is 0 Å². The van der Waals surface area contributed by atoms with E-state index in [2.05, 4.69) is 10.2 Å². The zero-order chi connectivity index (χ0) is 10.2. The van der Waals surface area contributed by atoms with Gasteiger partial charge in [-0.1, -0.05) is 11.3 Å². The molecular formula is C7H6N2O2S3. The van der Waals surface area contributed by atoms with E-state index >= 15 is 0 Å². The molecule has 2 aromatic rings. The third-order valence-corrected chi connectivity index (χ3v) is 4.82. The molecule has 0 fully saturated rings. The van der Waals surface area contributed by atoms with Crippen molar-refractivity contribution >= 4 is 32.5 Å². The Morgan fingerprint density at radius 3 is 2.64 bits per heavy atom. The fourth-order valence-corrected chi connectivity index (χ4v) is 3.18. The monoisotopic (exact) mass is 246 g/mol. The van der Waals surface area contributed by atoms with E-state index in [4.69, 9.17) is 0 Å². The highest BCUT2D eigenvalue weighted by atomic mass is 32.2. The largest absolute Gasteiger partial charge is 0.232 e. The SMILES string of the molecule is CS(=O)(=O)c1nnc(-c2ccsc2)s1. The maximum atomic E-state index is 11.1. The molecule has 0 spiro atoms. The quantitative estimate of drug-likeness (QED) is 0.808. The Hall–Kier alpha value is -0.790. The summed E-state index contributed by atoms with van der Waals surface area (Å²) in [7, 11) is -3.22. The molecule has 0 atom stereocenters. The number of hydrogen-bond donors (Lipinski definition) is 0. The molecule has 0 unspecified atom stereocenters. The molecule has 0 radical (unpaired) electrons. The molecule has 0 N–H and O–H groups in total. The first-order valence-corrected chi connectivity index (χ1v) is 7.28. The number of thiophene rings is 1. The maximum Gasteiger partial charge on any atom is 0.232 e. The summed E-state index contributed by atoms with van der Waals surface area (Å²) in [6.07, 6.45) is 1.13. The summed E-state index contributed by atoms with van der Waals surface area (Å²) in [4.78, 5) is 0. The molecule has 0 saturated carbocycles. The molecule has 0 bridgehead atoms. The van der Waals surface area contributed by atoms with Crippen LogP contribution >= 0.6 is 22.7 Å². The molecule has 0 saturated heterocycles. The molecule has 74 valence electrons. The van der Waals surface area contributed by atoms with Gasteiger partial charge in [0, 0.05) is 17.2 Å². The van der Waals surface area contributed by atoms with Gasteiger partial charge in [0.15, 0.2) is 0 Å². The van der Waals surface area contributed by atoms with Crippen LogP contribution in [-0.2, 0) is 9.84 Å². The smallest absolute Gasteiger partial charge is 0.221 e. The first-order chi connectivity index (χ1) is 6.57. The first-order valence-electron chi connectivity index (χ1n) is 3.63. The van der Waals surface area contributed by atoms with E-state index in [0.29, 0.717) is 5.01 Å². The van der Waals surface area contributed by atoms with Crippen molar-refractivity contribution in [2.45, 2.75) is 4.34 Å². The lowest BCUT2D eigenvalue weighted by Crippen LogP contribution is -1.95. The highest BCUT2D eigenvalue weighted by Crippen LogP contribution is 2.27. The zero-order valence-electron chi connectivity index (χ0n) is 7.17. The molecule has 4 nitrogen and oxygen atoms in total. The highest BCUT2D eigenvalue weighted by molar-refractivity contribution is 7.92. The lowest BCUT2D eigenvalue weighted by Gasteiger charge is -1.85. The van der Waals surface area contributed by atoms with E-state index in [0.717, 1.165) is 23.2 Å². The minimum atomic E-state index is -3.22. The van der Waals surface area contributed by atoms with Crippen molar-refractivity contribution in [3.63, 3.8) is 0 Å². The van der Waals surface area contributed by atoms with Gasteiger partial charge in [-0.25, -0.2) is 8.42 Å². The van der Waals surface area contributed by atoms with Gasteiger partial charge in [-0.15, -0.1) is 10.2 Å². The van der Waals surface area contributed by atoms with Crippen LogP contribution < -0.4 is 0 Å². The lowest BCUT2D eigenvalue weighted by atomic mass is 10.4. The van der Waals surface area contributed by atoms with Gasteiger partial charge < -0.3 is 0 Å². The van der Waals surface area contributed by atoms with E-state index in [1.165, 1.54) is 0 Å². The summed E-state index contributed by atoms with van der Waals surface area (Å²) < 4.78 is 22.3. The van der Waals surface area contributed by atoms with Crippen LogP contribution in [-0.4, -0.2) is 24.9 Å². The second-order valence-corrected chi connectivity index (χ2v) is 6.60. The van der Waals surface area contributed by atoms with Crippen molar-refractivity contribution in [2.24, 2.45) is 0 Å². The Balaban J connectivity index is 2.46. The number of aromatic nitrogens is 2. The van der Waals surface area contributed by atoms with Crippen molar-refractivity contribution in [1.82, 2.24) is 10.2 Å². The molecule has 0 aliphatic carbocycles. The summed E-state index contributed by atoms with van der Waals surface area (Å²) in [5.41, 5.74) is 0.919. The predicted octanol–water partition coefficient (Wildman–Crippen LogP) is 1.67. The van der Waals surface area contributed by atoms with E-state index < -0.39 is 9.84 Å². The Morgan fingerprint density at radius 2 is 2.14 bits per heavy atom. The van der Waals surface area contributed by atoms with Crippen LogP contribution in [0.25, 0.3) is 10.6 Å². The van der Waals surface area contributed by atoms with Gasteiger partial charge in [0.25, 0.3) is 0 Å². The molecule has 7 heteroatoms. The van der Waals surface area contributed by atoms with E-state index in [9.17, 15) is 8.42 Å². The van der Waals surface area contributed by atoms with Crippen molar-refractivity contribution in [1.29, 1.82) is 0 Å². The Labute approximate surface area is 89.2 Å². The normalized spacial score (nSPS) is 11.8. The molecular weight excluding hydrogens is 240 g/mol. The van der Waals surface area contributed by atoms with E-state index in [1.54, 1.807) is 11.3 Å². The topological polar surface area (TPSA) is 59.9 Å². The minimum absolute atomic E-state index is 0.0682. The third kappa shape index (κ3) is 1.84. The summed E-state index contributed by atoms with van der Waals surface area (Å²) in [5, 5.41) is 11.9. The van der Waals surface area contributed by atoms with Crippen LogP contribution in [0.5, 0.6) is 0 Å². The second kappa shape index (κ2) is 3.41. The van der Waals surface area contributed by atoms with Crippen molar-refractivity contribution in [3.05, 3.63) is 16.8 Å². The summed E-state index contributed by atoms with van der Waals surface area (Å²) in [6.45, 7) is 0. The summed E-state index contributed by atoms with van der Waals surface area (Å²) in [5.74, 6) is 0. The van der Waals surface area contributed by atoms with Crippen molar-refractivity contribution in [3.8, 4) is 10.6 Å². The Kier molecular flexibility index (Phi) is 2.38. The number of rotatable bonds is 2. The fourth-order valence-electron chi connectivity index (χ4n) is 0.862. The molecule has 0 aliphatic rings. The predicted molar refractivity (Wildman–Crippen MR) is 56.3 cm³/mol. The minimum Gasteiger partial charge on any atom is -0.221 e. The van der Waals surface area contributed by atoms with E-state index in [1.807, 2.05) is 16.8 Å². The van der Waals surface area contributed by atoms with Gasteiger partial charge in [0.2, 0.25) is 14.2 Å². The van der Waals surface area contributed by atoms with Gasteiger partial charge in [-0.3, -0.25) is 0 Å². The van der Waals surface area contributed by atoms with Crippen molar-refractivity contribution < 1.29 is 8.42 Å². The van der Waals surface area contributed by atoms with Gasteiger partial charge >= 0.3 is 0 Å². The Morgan fingerprint density at radius 1 is 1.36 bits per heavy atom. The van der Waals surface area contributed by atoms with Crippen molar-refractivity contribution in [2.75, 3.05) is 6.26 Å². The molecule has 0 amide bonds. The van der Waals surface area contributed by atoms with Crippen LogP contribution in [0.1, 0.15) is 0 Å². The number of sulfone groups is 1. The van der Waals surface area contributed by atoms with Gasteiger partial charge in [-0.2, -0.15) is 11.3 Å². The second-order valence-electron chi connectivity index (χ2n) is 2.66. The van der Waals surface area contributed by atoms with Gasteiger partial charge in [0.05, 0.1) is 0 Å². The zero-order valence-corrected chi connectivity index (χ0v) is 9.62. The van der Waals surface area contributed by atoms with Gasteiger partial charge in [-0.05, 0) is 11.4 Å². The van der Waals surface area contributed by atoms with Crippen LogP contribution in [0.15, 0.2) is 21.2 Å². The Bertz CT molecular complexity index is 527. The van der Waals surface area contributed by atoms with Crippen LogP contribution in [0, 0.1) is 0 Å². The molecule has 14 heavy (non-hydrogen) atoms. The molecule has 2 rings (SSSR count). The average molecular weight is 246 g/mol. The fraction of sp³-hybridized carbons (Fsp3) is 0.143. The lowest BCUT2D eigenvalue weighted by molar-refractivity contribution is 0.600. The third-order valence-electron chi connectivity index (χ3n) is 1.49. The standard InChI is InChI=1S/C7H6N2O2S3/c1-14(10,11)7-9-8-6(13-7)5-2-3-12-4-5/h2-4H,1H3. The molecule has 2 heterocycles.